The van der Waals surface area contributed by atoms with E-state index in [9.17, 15) is 0 Å². The minimum absolute atomic E-state index is 0.557. The zero-order chi connectivity index (χ0) is 11.4. The van der Waals surface area contributed by atoms with Crippen LogP contribution in [0.5, 0.6) is 0 Å². The molecule has 1 aromatic rings. The molecule has 2 N–H and O–H groups in total. The summed E-state index contributed by atoms with van der Waals surface area (Å²) in [6.07, 6.45) is 7.08. The molecule has 0 spiro atoms. The summed E-state index contributed by atoms with van der Waals surface area (Å²) in [6, 6.07) is 4.59. The summed E-state index contributed by atoms with van der Waals surface area (Å²) in [7, 11) is 0. The maximum atomic E-state index is 5.62. The number of likely N-dealkylation sites (tertiary alicyclic amines) is 1. The minimum atomic E-state index is 0.557. The Hall–Kier alpha value is -1.09. The van der Waals surface area contributed by atoms with Gasteiger partial charge >= 0.3 is 0 Å². The molecule has 1 aliphatic heterocycles. The molecular weight excluding hydrogens is 198 g/mol. The first-order valence-electron chi connectivity index (χ1n) is 6.26. The summed E-state index contributed by atoms with van der Waals surface area (Å²) >= 11 is 0. The standard InChI is InChI=1S/C13H21N3/c1-2-8-16-9-4-3-5-12(16)11-6-7-13(14)15-10-11/h6-7,10,12H,2-5,8-9H2,1H3,(H2,14,15)/t12-/m0/s1. The topological polar surface area (TPSA) is 42.1 Å². The van der Waals surface area contributed by atoms with Gasteiger partial charge in [-0.2, -0.15) is 0 Å². The van der Waals surface area contributed by atoms with Crippen LogP contribution in [0.1, 0.15) is 44.2 Å². The third kappa shape index (κ3) is 2.53. The third-order valence-corrected chi connectivity index (χ3v) is 3.32. The lowest BCUT2D eigenvalue weighted by atomic mass is 9.96. The molecule has 1 fully saturated rings. The van der Waals surface area contributed by atoms with Gasteiger partial charge in [-0.1, -0.05) is 19.4 Å². The number of hydrogen-bond acceptors (Lipinski definition) is 3. The number of pyridine rings is 1. The molecule has 0 saturated carbocycles. The Bertz CT molecular complexity index is 318. The number of aromatic nitrogens is 1. The monoisotopic (exact) mass is 219 g/mol. The zero-order valence-electron chi connectivity index (χ0n) is 10.0. The van der Waals surface area contributed by atoms with Gasteiger partial charge in [0, 0.05) is 12.2 Å². The molecule has 1 aliphatic rings. The van der Waals surface area contributed by atoms with E-state index in [1.807, 2.05) is 12.3 Å². The van der Waals surface area contributed by atoms with Crippen LogP contribution in [-0.4, -0.2) is 23.0 Å². The second kappa shape index (κ2) is 5.30. The van der Waals surface area contributed by atoms with E-state index in [0.717, 1.165) is 0 Å². The molecule has 2 heterocycles. The Morgan fingerprint density at radius 1 is 1.44 bits per heavy atom. The number of rotatable bonds is 3. The first kappa shape index (κ1) is 11.4. The van der Waals surface area contributed by atoms with Gasteiger partial charge in [-0.25, -0.2) is 4.98 Å². The fourth-order valence-corrected chi connectivity index (χ4v) is 2.54. The van der Waals surface area contributed by atoms with Crippen LogP contribution in [0.4, 0.5) is 5.82 Å². The molecule has 1 saturated heterocycles. The van der Waals surface area contributed by atoms with E-state index < -0.39 is 0 Å². The van der Waals surface area contributed by atoms with Gasteiger partial charge in [0.15, 0.2) is 0 Å². The largest absolute Gasteiger partial charge is 0.384 e. The van der Waals surface area contributed by atoms with Crippen molar-refractivity contribution in [3.8, 4) is 0 Å². The molecule has 2 rings (SSSR count). The van der Waals surface area contributed by atoms with Crippen molar-refractivity contribution >= 4 is 5.82 Å². The second-order valence-electron chi connectivity index (χ2n) is 4.56. The van der Waals surface area contributed by atoms with Crippen molar-refractivity contribution in [3.63, 3.8) is 0 Å². The highest BCUT2D eigenvalue weighted by Gasteiger charge is 2.23. The summed E-state index contributed by atoms with van der Waals surface area (Å²) in [6.45, 7) is 4.66. The Labute approximate surface area is 97.7 Å². The number of piperidine rings is 1. The molecule has 16 heavy (non-hydrogen) atoms. The van der Waals surface area contributed by atoms with Crippen LogP contribution in [0.3, 0.4) is 0 Å². The summed E-state index contributed by atoms with van der Waals surface area (Å²) in [5.74, 6) is 0.613. The predicted molar refractivity (Wildman–Crippen MR) is 67.1 cm³/mol. The van der Waals surface area contributed by atoms with E-state index in [1.54, 1.807) is 0 Å². The lowest BCUT2D eigenvalue weighted by Gasteiger charge is -2.35. The van der Waals surface area contributed by atoms with Gasteiger partial charge in [-0.15, -0.1) is 0 Å². The summed E-state index contributed by atoms with van der Waals surface area (Å²) in [5, 5.41) is 0. The van der Waals surface area contributed by atoms with Crippen LogP contribution >= 0.6 is 0 Å². The SMILES string of the molecule is CCCN1CCCC[C@H]1c1ccc(N)nc1. The van der Waals surface area contributed by atoms with Crippen molar-refractivity contribution < 1.29 is 0 Å². The fraction of sp³-hybridized carbons (Fsp3) is 0.615. The van der Waals surface area contributed by atoms with Crippen LogP contribution < -0.4 is 5.73 Å². The van der Waals surface area contributed by atoms with Crippen LogP contribution in [0.25, 0.3) is 0 Å². The molecule has 1 atom stereocenters. The second-order valence-corrected chi connectivity index (χ2v) is 4.56. The van der Waals surface area contributed by atoms with Gasteiger partial charge in [0.1, 0.15) is 5.82 Å². The lowest BCUT2D eigenvalue weighted by Crippen LogP contribution is -2.34. The highest BCUT2D eigenvalue weighted by atomic mass is 15.2. The molecule has 88 valence electrons. The third-order valence-electron chi connectivity index (χ3n) is 3.32. The molecule has 1 aromatic heterocycles. The highest BCUT2D eigenvalue weighted by molar-refractivity contribution is 5.30. The van der Waals surface area contributed by atoms with Gasteiger partial charge in [0.2, 0.25) is 0 Å². The van der Waals surface area contributed by atoms with Crippen molar-refractivity contribution in [2.24, 2.45) is 0 Å². The van der Waals surface area contributed by atoms with Crippen LogP contribution in [0.15, 0.2) is 18.3 Å². The van der Waals surface area contributed by atoms with E-state index in [1.165, 1.54) is 44.3 Å². The molecule has 0 unspecified atom stereocenters. The number of anilines is 1. The van der Waals surface area contributed by atoms with Crippen molar-refractivity contribution in [1.82, 2.24) is 9.88 Å². The van der Waals surface area contributed by atoms with Gasteiger partial charge < -0.3 is 5.73 Å². The van der Waals surface area contributed by atoms with Crippen LogP contribution in [-0.2, 0) is 0 Å². The molecule has 0 aliphatic carbocycles. The normalized spacial score (nSPS) is 22.2. The van der Waals surface area contributed by atoms with Crippen LogP contribution in [0.2, 0.25) is 0 Å². The van der Waals surface area contributed by atoms with Crippen molar-refractivity contribution in [2.75, 3.05) is 18.8 Å². The fourth-order valence-electron chi connectivity index (χ4n) is 2.54. The maximum absolute atomic E-state index is 5.62. The Morgan fingerprint density at radius 2 is 2.31 bits per heavy atom. The average molecular weight is 219 g/mol. The van der Waals surface area contributed by atoms with E-state index in [4.69, 9.17) is 5.73 Å². The smallest absolute Gasteiger partial charge is 0.123 e. The molecule has 3 nitrogen and oxygen atoms in total. The van der Waals surface area contributed by atoms with Crippen molar-refractivity contribution in [1.29, 1.82) is 0 Å². The molecule has 0 aromatic carbocycles. The first-order chi connectivity index (χ1) is 7.81. The number of hydrogen-bond donors (Lipinski definition) is 1. The van der Waals surface area contributed by atoms with Crippen molar-refractivity contribution in [2.45, 2.75) is 38.6 Å². The quantitative estimate of drug-likeness (QED) is 0.849. The summed E-state index contributed by atoms with van der Waals surface area (Å²) in [5.41, 5.74) is 6.95. The van der Waals surface area contributed by atoms with Crippen molar-refractivity contribution in [3.05, 3.63) is 23.9 Å². The van der Waals surface area contributed by atoms with Gasteiger partial charge in [0.25, 0.3) is 0 Å². The predicted octanol–water partition coefficient (Wildman–Crippen LogP) is 2.60. The molecule has 0 amide bonds. The summed E-state index contributed by atoms with van der Waals surface area (Å²) in [4.78, 5) is 6.78. The zero-order valence-corrected chi connectivity index (χ0v) is 10.0. The van der Waals surface area contributed by atoms with Gasteiger partial charge in [-0.3, -0.25) is 4.90 Å². The molecule has 3 heteroatoms. The Balaban J connectivity index is 2.13. The minimum Gasteiger partial charge on any atom is -0.384 e. The van der Waals surface area contributed by atoms with E-state index in [2.05, 4.69) is 22.9 Å². The highest BCUT2D eigenvalue weighted by Crippen LogP contribution is 2.30. The number of nitrogens with two attached hydrogens (primary N) is 1. The Morgan fingerprint density at radius 3 is 3.00 bits per heavy atom. The lowest BCUT2D eigenvalue weighted by molar-refractivity contribution is 0.149. The Kier molecular flexibility index (Phi) is 3.78. The first-order valence-corrected chi connectivity index (χ1v) is 6.26. The van der Waals surface area contributed by atoms with E-state index in [0.29, 0.717) is 11.9 Å². The van der Waals surface area contributed by atoms with Gasteiger partial charge in [-0.05, 0) is 44.0 Å². The van der Waals surface area contributed by atoms with E-state index in [-0.39, 0.29) is 0 Å². The molecule has 0 bridgehead atoms. The average Bonchev–Trinajstić information content (AvgIpc) is 2.32. The molecular formula is C13H21N3. The maximum Gasteiger partial charge on any atom is 0.123 e. The number of nitrogens with zero attached hydrogens (tertiary/aromatic N) is 2. The van der Waals surface area contributed by atoms with Gasteiger partial charge in [0.05, 0.1) is 0 Å². The number of nitrogen functional groups attached to an aromatic ring is 1. The molecule has 0 radical (unpaired) electrons. The van der Waals surface area contributed by atoms with E-state index >= 15 is 0 Å². The summed E-state index contributed by atoms with van der Waals surface area (Å²) < 4.78 is 0. The van der Waals surface area contributed by atoms with Crippen LogP contribution in [0, 0.1) is 0 Å².